The summed E-state index contributed by atoms with van der Waals surface area (Å²) in [6, 6.07) is 0.261. The summed E-state index contributed by atoms with van der Waals surface area (Å²) in [5.41, 5.74) is 5.95. The fourth-order valence-electron chi connectivity index (χ4n) is 4.03. The molecule has 2 N–H and O–H groups in total. The third-order valence-electron chi connectivity index (χ3n) is 5.15. The number of hydrogen-bond acceptors (Lipinski definition) is 3. The van der Waals surface area contributed by atoms with Crippen LogP contribution in [-0.2, 0) is 4.79 Å². The average molecular weight is 282 g/mol. The van der Waals surface area contributed by atoms with Gasteiger partial charge in [-0.3, -0.25) is 4.79 Å². The minimum absolute atomic E-state index is 0.221. The van der Waals surface area contributed by atoms with Gasteiger partial charge in [-0.25, -0.2) is 0 Å². The van der Waals surface area contributed by atoms with Crippen molar-refractivity contribution in [1.29, 1.82) is 0 Å². The van der Waals surface area contributed by atoms with Crippen molar-refractivity contribution in [1.82, 2.24) is 4.90 Å². The van der Waals surface area contributed by atoms with E-state index in [-0.39, 0.29) is 12.0 Å². The van der Waals surface area contributed by atoms with E-state index in [0.29, 0.717) is 10.7 Å². The van der Waals surface area contributed by atoms with E-state index in [1.165, 1.54) is 32.1 Å². The second kappa shape index (κ2) is 5.65. The Bertz CT molecular complexity index is 336. The Balaban J connectivity index is 1.62. The monoisotopic (exact) mass is 282 g/mol. The number of nitrogens with zero attached hydrogens (tertiary/aromatic N) is 1. The molecule has 0 aromatic heterocycles. The van der Waals surface area contributed by atoms with Crippen LogP contribution in [0.15, 0.2) is 0 Å². The molecule has 108 valence electrons. The summed E-state index contributed by atoms with van der Waals surface area (Å²) in [7, 11) is 0. The minimum Gasteiger partial charge on any atom is -0.340 e. The van der Waals surface area contributed by atoms with Crippen LogP contribution < -0.4 is 5.73 Å². The normalized spacial score (nSPS) is 34.7. The highest BCUT2D eigenvalue weighted by Gasteiger charge is 2.40. The Morgan fingerprint density at radius 3 is 2.68 bits per heavy atom. The number of hydrogen-bond donors (Lipinski definition) is 1. The molecule has 1 aliphatic heterocycles. The van der Waals surface area contributed by atoms with Crippen LogP contribution in [0.25, 0.3) is 0 Å². The zero-order chi connectivity index (χ0) is 13.3. The molecular formula is C15H26N2OS. The van der Waals surface area contributed by atoms with E-state index >= 15 is 0 Å². The molecule has 1 saturated heterocycles. The van der Waals surface area contributed by atoms with E-state index in [0.717, 1.165) is 38.1 Å². The van der Waals surface area contributed by atoms with Gasteiger partial charge in [-0.15, -0.1) is 0 Å². The Morgan fingerprint density at radius 1 is 1.21 bits per heavy atom. The van der Waals surface area contributed by atoms with Gasteiger partial charge in [0, 0.05) is 35.5 Å². The molecular weight excluding hydrogens is 256 g/mol. The molecule has 0 aromatic rings. The lowest BCUT2D eigenvalue weighted by atomic mass is 9.87. The SMILES string of the molecule is NC1CCC(C(=O)N2CCSC3(CCCCC3)C2)C1. The first kappa shape index (κ1) is 13.7. The Labute approximate surface area is 120 Å². The van der Waals surface area contributed by atoms with Crippen molar-refractivity contribution in [3.05, 3.63) is 0 Å². The van der Waals surface area contributed by atoms with E-state index in [2.05, 4.69) is 16.7 Å². The first-order valence-corrected chi connectivity index (χ1v) is 8.85. The van der Waals surface area contributed by atoms with Gasteiger partial charge in [-0.05, 0) is 32.1 Å². The predicted octanol–water partition coefficient (Wildman–Crippen LogP) is 2.39. The largest absolute Gasteiger partial charge is 0.340 e. The average Bonchev–Trinajstić information content (AvgIpc) is 2.85. The van der Waals surface area contributed by atoms with Crippen LogP contribution in [0.4, 0.5) is 0 Å². The number of amides is 1. The lowest BCUT2D eigenvalue weighted by Gasteiger charge is -2.45. The van der Waals surface area contributed by atoms with E-state index in [4.69, 9.17) is 5.73 Å². The highest BCUT2D eigenvalue weighted by molar-refractivity contribution is 8.00. The topological polar surface area (TPSA) is 46.3 Å². The first-order chi connectivity index (χ1) is 9.19. The van der Waals surface area contributed by atoms with Gasteiger partial charge in [0.25, 0.3) is 0 Å². The van der Waals surface area contributed by atoms with Gasteiger partial charge in [0.1, 0.15) is 0 Å². The molecule has 2 atom stereocenters. The van der Waals surface area contributed by atoms with E-state index in [1.807, 2.05) is 0 Å². The predicted molar refractivity (Wildman–Crippen MR) is 80.2 cm³/mol. The number of nitrogens with two attached hydrogens (primary N) is 1. The van der Waals surface area contributed by atoms with Gasteiger partial charge in [0.15, 0.2) is 0 Å². The molecule has 3 rings (SSSR count). The third kappa shape index (κ3) is 2.94. The van der Waals surface area contributed by atoms with Gasteiger partial charge in [0.2, 0.25) is 5.91 Å². The van der Waals surface area contributed by atoms with E-state index in [9.17, 15) is 4.79 Å². The molecule has 1 heterocycles. The molecule has 1 spiro atoms. The Hall–Kier alpha value is -0.220. The summed E-state index contributed by atoms with van der Waals surface area (Å²) < 4.78 is 0.396. The molecule has 0 radical (unpaired) electrons. The van der Waals surface area contributed by atoms with Crippen molar-refractivity contribution in [2.24, 2.45) is 11.7 Å². The molecule has 4 heteroatoms. The summed E-state index contributed by atoms with van der Waals surface area (Å²) in [5.74, 6) is 1.75. The summed E-state index contributed by atoms with van der Waals surface area (Å²) >= 11 is 2.13. The molecule has 3 aliphatic rings. The Kier molecular flexibility index (Phi) is 4.08. The summed E-state index contributed by atoms with van der Waals surface area (Å²) in [6.07, 6.45) is 9.66. The van der Waals surface area contributed by atoms with Crippen LogP contribution in [0.1, 0.15) is 51.4 Å². The van der Waals surface area contributed by atoms with Crippen LogP contribution in [0, 0.1) is 5.92 Å². The van der Waals surface area contributed by atoms with Crippen LogP contribution in [0.3, 0.4) is 0 Å². The van der Waals surface area contributed by atoms with Crippen molar-refractivity contribution in [2.45, 2.75) is 62.2 Å². The van der Waals surface area contributed by atoms with Crippen LogP contribution in [0.5, 0.6) is 0 Å². The maximum absolute atomic E-state index is 12.6. The molecule has 0 aromatic carbocycles. The van der Waals surface area contributed by atoms with Gasteiger partial charge in [-0.2, -0.15) is 11.8 Å². The zero-order valence-electron chi connectivity index (χ0n) is 11.8. The number of thioether (sulfide) groups is 1. The maximum Gasteiger partial charge on any atom is 0.225 e. The molecule has 3 nitrogen and oxygen atoms in total. The fourth-order valence-corrected chi connectivity index (χ4v) is 5.60. The third-order valence-corrected chi connectivity index (χ3v) is 6.68. The van der Waals surface area contributed by atoms with Gasteiger partial charge < -0.3 is 10.6 Å². The molecule has 2 aliphatic carbocycles. The van der Waals surface area contributed by atoms with Crippen molar-refractivity contribution in [2.75, 3.05) is 18.8 Å². The van der Waals surface area contributed by atoms with Gasteiger partial charge in [-0.1, -0.05) is 19.3 Å². The second-order valence-corrected chi connectivity index (χ2v) is 8.18. The Morgan fingerprint density at radius 2 is 2.00 bits per heavy atom. The molecule has 1 amide bonds. The van der Waals surface area contributed by atoms with Crippen molar-refractivity contribution in [3.63, 3.8) is 0 Å². The summed E-state index contributed by atoms with van der Waals surface area (Å²) in [5, 5.41) is 0. The van der Waals surface area contributed by atoms with Crippen molar-refractivity contribution in [3.8, 4) is 0 Å². The molecule has 3 fully saturated rings. The number of carbonyl (C=O) groups is 1. The first-order valence-electron chi connectivity index (χ1n) is 7.87. The number of carbonyl (C=O) groups excluding carboxylic acids is 1. The lowest BCUT2D eigenvalue weighted by molar-refractivity contribution is -0.135. The molecule has 19 heavy (non-hydrogen) atoms. The van der Waals surface area contributed by atoms with Crippen LogP contribution >= 0.6 is 11.8 Å². The lowest BCUT2D eigenvalue weighted by Crippen LogP contribution is -2.51. The van der Waals surface area contributed by atoms with E-state index in [1.54, 1.807) is 0 Å². The summed E-state index contributed by atoms with van der Waals surface area (Å²) in [6.45, 7) is 1.96. The van der Waals surface area contributed by atoms with Gasteiger partial charge in [0.05, 0.1) is 0 Å². The standard InChI is InChI=1S/C15H26N2OS/c16-13-5-4-12(10-13)14(18)17-8-9-19-15(11-17)6-2-1-3-7-15/h12-13H,1-11,16H2. The highest BCUT2D eigenvalue weighted by Crippen LogP contribution is 2.43. The minimum atomic E-state index is 0.221. The molecule has 2 unspecified atom stereocenters. The summed E-state index contributed by atoms with van der Waals surface area (Å²) in [4.78, 5) is 14.8. The molecule has 2 saturated carbocycles. The van der Waals surface area contributed by atoms with Gasteiger partial charge >= 0.3 is 0 Å². The molecule has 0 bridgehead atoms. The van der Waals surface area contributed by atoms with Crippen molar-refractivity contribution >= 4 is 17.7 Å². The van der Waals surface area contributed by atoms with Crippen LogP contribution in [0.2, 0.25) is 0 Å². The fraction of sp³-hybridized carbons (Fsp3) is 0.933. The van der Waals surface area contributed by atoms with Crippen molar-refractivity contribution < 1.29 is 4.79 Å². The smallest absolute Gasteiger partial charge is 0.225 e. The highest BCUT2D eigenvalue weighted by atomic mass is 32.2. The second-order valence-electron chi connectivity index (χ2n) is 6.62. The number of rotatable bonds is 1. The van der Waals surface area contributed by atoms with E-state index < -0.39 is 0 Å². The zero-order valence-corrected chi connectivity index (χ0v) is 12.6. The maximum atomic E-state index is 12.6. The quantitative estimate of drug-likeness (QED) is 0.803. The van der Waals surface area contributed by atoms with Crippen LogP contribution in [-0.4, -0.2) is 40.4 Å².